The molecule has 3 rings (SSSR count). The molecule has 0 aromatic heterocycles. The van der Waals surface area contributed by atoms with Crippen molar-refractivity contribution in [3.63, 3.8) is 0 Å². The monoisotopic (exact) mass is 281 g/mol. The minimum Gasteiger partial charge on any atom is -0.326 e. The number of rotatable bonds is 2. The molecule has 0 saturated heterocycles. The fourth-order valence-electron chi connectivity index (χ4n) is 2.67. The Hall–Kier alpha value is -2.69. The highest BCUT2D eigenvalue weighted by Gasteiger charge is 2.21. The van der Waals surface area contributed by atoms with Gasteiger partial charge in [0.05, 0.1) is 16.7 Å². The summed E-state index contributed by atoms with van der Waals surface area (Å²) in [4.78, 5) is 22.5. The lowest BCUT2D eigenvalue weighted by molar-refractivity contribution is -0.114. The summed E-state index contributed by atoms with van der Waals surface area (Å²) in [5, 5.41) is 7.32. The molecule has 1 aliphatic rings. The molecule has 0 unspecified atom stereocenters. The van der Waals surface area contributed by atoms with Gasteiger partial charge in [0.1, 0.15) is 0 Å². The van der Waals surface area contributed by atoms with Crippen LogP contribution in [0, 0.1) is 4.91 Å². The summed E-state index contributed by atoms with van der Waals surface area (Å²) in [6, 6.07) is 13.3. The van der Waals surface area contributed by atoms with Crippen LogP contribution in [0.4, 0.5) is 17.1 Å². The number of nitroso groups, excluding NO2 is 1. The van der Waals surface area contributed by atoms with Gasteiger partial charge in [0.2, 0.25) is 5.91 Å². The number of anilines is 3. The predicted octanol–water partition coefficient (Wildman–Crippen LogP) is 3.56. The Morgan fingerprint density at radius 1 is 1.10 bits per heavy atom. The molecule has 1 aliphatic heterocycles. The first-order chi connectivity index (χ1) is 10.2. The zero-order chi connectivity index (χ0) is 14.8. The van der Waals surface area contributed by atoms with Gasteiger partial charge in [0.25, 0.3) is 0 Å². The first kappa shape index (κ1) is 13.3. The van der Waals surface area contributed by atoms with E-state index in [1.54, 1.807) is 6.07 Å². The number of carbonyl (C=O) groups excluding carboxylic acids is 1. The van der Waals surface area contributed by atoms with Gasteiger partial charge < -0.3 is 5.32 Å². The van der Waals surface area contributed by atoms with Crippen molar-refractivity contribution in [2.24, 2.45) is 5.29 Å². The van der Waals surface area contributed by atoms with Crippen LogP contribution >= 0.6 is 0 Å². The Bertz CT molecular complexity index is 712. The summed E-state index contributed by atoms with van der Waals surface area (Å²) >= 11 is 0. The molecule has 0 radical (unpaired) electrons. The summed E-state index contributed by atoms with van der Waals surface area (Å²) in [5.74, 6) is -0.144. The Labute approximate surface area is 122 Å². The van der Waals surface area contributed by atoms with Gasteiger partial charge in [0.15, 0.2) is 0 Å². The molecule has 21 heavy (non-hydrogen) atoms. The molecule has 0 aliphatic carbocycles. The molecule has 2 aromatic carbocycles. The lowest BCUT2D eigenvalue weighted by Crippen LogP contribution is -2.11. The molecule has 1 N–H and O–H groups in total. The van der Waals surface area contributed by atoms with Gasteiger partial charge >= 0.3 is 0 Å². The van der Waals surface area contributed by atoms with Gasteiger partial charge in [0, 0.05) is 12.6 Å². The first-order valence-corrected chi connectivity index (χ1v) is 6.81. The second kappa shape index (κ2) is 5.36. The molecular formula is C16H15N3O2. The van der Waals surface area contributed by atoms with Crippen LogP contribution in [0.2, 0.25) is 0 Å². The van der Waals surface area contributed by atoms with E-state index in [-0.39, 0.29) is 5.91 Å². The van der Waals surface area contributed by atoms with Crippen molar-refractivity contribution in [2.75, 3.05) is 10.3 Å². The summed E-state index contributed by atoms with van der Waals surface area (Å²) < 4.78 is 0. The third-order valence-electron chi connectivity index (χ3n) is 3.60. The zero-order valence-corrected chi connectivity index (χ0v) is 11.7. The second-order valence-corrected chi connectivity index (χ2v) is 5.05. The van der Waals surface area contributed by atoms with Crippen molar-refractivity contribution in [2.45, 2.75) is 19.8 Å². The van der Waals surface area contributed by atoms with Crippen molar-refractivity contribution >= 4 is 23.0 Å². The molecule has 1 amide bonds. The topological polar surface area (TPSA) is 61.8 Å². The van der Waals surface area contributed by atoms with Gasteiger partial charge in [-0.25, -0.2) is 0 Å². The van der Waals surface area contributed by atoms with E-state index < -0.39 is 0 Å². The molecular weight excluding hydrogens is 266 g/mol. The number of benzene rings is 2. The quantitative estimate of drug-likeness (QED) is 0.856. The number of fused-ring (bicyclic) bond motifs is 2. The second-order valence-electron chi connectivity index (χ2n) is 5.05. The van der Waals surface area contributed by atoms with Crippen LogP contribution < -0.4 is 10.3 Å². The molecule has 0 bridgehead atoms. The molecule has 0 fully saturated rings. The maximum atomic E-state index is 11.4. The molecule has 5 heteroatoms. The molecule has 0 spiro atoms. The van der Waals surface area contributed by atoms with E-state index in [1.807, 2.05) is 36.4 Å². The van der Waals surface area contributed by atoms with Crippen molar-refractivity contribution < 1.29 is 4.79 Å². The van der Waals surface area contributed by atoms with Crippen LogP contribution in [0.25, 0.3) is 0 Å². The van der Waals surface area contributed by atoms with Crippen LogP contribution in [0.15, 0.2) is 47.8 Å². The molecule has 5 nitrogen and oxygen atoms in total. The van der Waals surface area contributed by atoms with Crippen LogP contribution in [-0.2, 0) is 17.6 Å². The standard InChI is InChI=1S/C16H15N3O2/c1-11(20)17-14-9-8-13-7-6-12-4-2-3-5-15(12)19(18-21)16(13)10-14/h2-5,8-10H,6-7H2,1H3,(H,17,20). The van der Waals surface area contributed by atoms with E-state index in [9.17, 15) is 9.70 Å². The predicted molar refractivity (Wildman–Crippen MR) is 82.5 cm³/mol. The third-order valence-corrected chi connectivity index (χ3v) is 3.60. The zero-order valence-electron chi connectivity index (χ0n) is 11.7. The lowest BCUT2D eigenvalue weighted by atomic mass is 10.0. The Kier molecular flexibility index (Phi) is 3.39. The van der Waals surface area contributed by atoms with E-state index in [1.165, 1.54) is 11.9 Å². The van der Waals surface area contributed by atoms with Gasteiger partial charge in [-0.1, -0.05) is 24.3 Å². The van der Waals surface area contributed by atoms with Crippen molar-refractivity contribution in [3.05, 3.63) is 58.5 Å². The SMILES string of the molecule is CC(=O)Nc1ccc2c(c1)N(N=O)c1ccccc1CC2. The highest BCUT2D eigenvalue weighted by atomic mass is 16.3. The van der Waals surface area contributed by atoms with Crippen LogP contribution in [-0.4, -0.2) is 5.91 Å². The van der Waals surface area contributed by atoms with Crippen LogP contribution in [0.5, 0.6) is 0 Å². The summed E-state index contributed by atoms with van der Waals surface area (Å²) in [6.45, 7) is 1.46. The average molecular weight is 281 g/mol. The number of aryl methyl sites for hydroxylation is 2. The summed E-state index contributed by atoms with van der Waals surface area (Å²) in [5.41, 5.74) is 4.32. The Morgan fingerprint density at radius 2 is 1.81 bits per heavy atom. The Balaban J connectivity index is 2.11. The van der Waals surface area contributed by atoms with E-state index >= 15 is 0 Å². The lowest BCUT2D eigenvalue weighted by Gasteiger charge is -2.18. The number of nitrogens with zero attached hydrogens (tertiary/aromatic N) is 2. The Morgan fingerprint density at radius 3 is 2.52 bits per heavy atom. The highest BCUT2D eigenvalue weighted by Crippen LogP contribution is 2.37. The van der Waals surface area contributed by atoms with Gasteiger partial charge in [-0.3, -0.25) is 4.79 Å². The number of para-hydroxylation sites is 1. The average Bonchev–Trinajstić information content (AvgIpc) is 2.62. The summed E-state index contributed by atoms with van der Waals surface area (Å²) in [7, 11) is 0. The third kappa shape index (κ3) is 2.50. The van der Waals surface area contributed by atoms with E-state index in [4.69, 9.17) is 0 Å². The minimum absolute atomic E-state index is 0.144. The first-order valence-electron chi connectivity index (χ1n) is 6.81. The van der Waals surface area contributed by atoms with Crippen molar-refractivity contribution in [1.82, 2.24) is 0 Å². The highest BCUT2D eigenvalue weighted by molar-refractivity contribution is 5.90. The van der Waals surface area contributed by atoms with Crippen molar-refractivity contribution in [3.8, 4) is 0 Å². The van der Waals surface area contributed by atoms with Gasteiger partial charge in [-0.05, 0) is 42.2 Å². The molecule has 0 saturated carbocycles. The van der Waals surface area contributed by atoms with Crippen molar-refractivity contribution in [1.29, 1.82) is 0 Å². The molecule has 106 valence electrons. The number of amides is 1. The number of nitrogens with one attached hydrogen (secondary N) is 1. The minimum atomic E-state index is -0.144. The van der Waals surface area contributed by atoms with E-state index in [0.29, 0.717) is 5.69 Å². The number of hydrogen-bond donors (Lipinski definition) is 1. The fraction of sp³-hybridized carbons (Fsp3) is 0.188. The summed E-state index contributed by atoms with van der Waals surface area (Å²) in [6.07, 6.45) is 1.69. The maximum absolute atomic E-state index is 11.4. The molecule has 0 atom stereocenters. The van der Waals surface area contributed by atoms with Crippen LogP contribution in [0.3, 0.4) is 0 Å². The fourth-order valence-corrected chi connectivity index (χ4v) is 2.67. The van der Waals surface area contributed by atoms with Gasteiger partial charge in [-0.15, -0.1) is 4.91 Å². The number of hydrogen-bond acceptors (Lipinski definition) is 3. The van der Waals surface area contributed by atoms with E-state index in [2.05, 4.69) is 10.6 Å². The molecule has 1 heterocycles. The van der Waals surface area contributed by atoms with Gasteiger partial charge in [-0.2, -0.15) is 5.01 Å². The number of carbonyl (C=O) groups is 1. The smallest absolute Gasteiger partial charge is 0.221 e. The largest absolute Gasteiger partial charge is 0.326 e. The van der Waals surface area contributed by atoms with Crippen LogP contribution in [0.1, 0.15) is 18.1 Å². The maximum Gasteiger partial charge on any atom is 0.221 e. The molecule has 2 aromatic rings. The van der Waals surface area contributed by atoms with E-state index in [0.717, 1.165) is 35.3 Å². The normalized spacial score (nSPS) is 12.9.